The number of carbonyl (C=O) groups excluding carboxylic acids is 2. The molecule has 1 saturated heterocycles. The van der Waals surface area contributed by atoms with E-state index in [2.05, 4.69) is 0 Å². The first-order chi connectivity index (χ1) is 14.5. The standard InChI is InChI=1S/C24H27FN2O3/c1-30-21-9-7-18(8-10-21)22(28)26-13-15-27(16-14-26)23(29)24(11-2-3-12-24)19-5-4-6-20(25)17-19/h4-10,17H,2-3,11-16H2,1H3. The first kappa shape index (κ1) is 20.4. The molecule has 0 bridgehead atoms. The quantitative estimate of drug-likeness (QED) is 0.774. The molecule has 4 rings (SSSR count). The van der Waals surface area contributed by atoms with Crippen LogP contribution in [-0.4, -0.2) is 54.9 Å². The molecule has 2 amide bonds. The van der Waals surface area contributed by atoms with E-state index in [0.717, 1.165) is 31.2 Å². The first-order valence-electron chi connectivity index (χ1n) is 10.5. The minimum Gasteiger partial charge on any atom is -0.497 e. The molecule has 158 valence electrons. The normalized spacial score (nSPS) is 18.3. The molecule has 5 nitrogen and oxygen atoms in total. The molecule has 1 aliphatic heterocycles. The van der Waals surface area contributed by atoms with Gasteiger partial charge in [0.1, 0.15) is 11.6 Å². The zero-order chi connectivity index (χ0) is 21.1. The summed E-state index contributed by atoms with van der Waals surface area (Å²) in [6.45, 7) is 1.99. The molecule has 0 unspecified atom stereocenters. The minimum absolute atomic E-state index is 0.0366. The molecule has 0 radical (unpaired) electrons. The number of rotatable bonds is 4. The van der Waals surface area contributed by atoms with Crippen molar-refractivity contribution in [3.05, 3.63) is 65.5 Å². The number of halogens is 1. The SMILES string of the molecule is COc1ccc(C(=O)N2CCN(C(=O)C3(c4cccc(F)c4)CCCC3)CC2)cc1. The molecular formula is C24H27FN2O3. The van der Waals surface area contributed by atoms with E-state index < -0.39 is 5.41 Å². The molecule has 2 aromatic rings. The van der Waals surface area contributed by atoms with Crippen LogP contribution < -0.4 is 4.74 Å². The molecule has 0 atom stereocenters. The predicted molar refractivity (Wildman–Crippen MR) is 112 cm³/mol. The van der Waals surface area contributed by atoms with Crippen LogP contribution in [0.25, 0.3) is 0 Å². The fourth-order valence-electron chi connectivity index (χ4n) is 4.72. The van der Waals surface area contributed by atoms with Crippen LogP contribution in [0.4, 0.5) is 4.39 Å². The zero-order valence-corrected chi connectivity index (χ0v) is 17.3. The summed E-state index contributed by atoms with van der Waals surface area (Å²) in [7, 11) is 1.59. The van der Waals surface area contributed by atoms with Crippen molar-refractivity contribution in [1.29, 1.82) is 0 Å². The molecule has 0 N–H and O–H groups in total. The van der Waals surface area contributed by atoms with Crippen molar-refractivity contribution < 1.29 is 18.7 Å². The molecule has 1 aliphatic carbocycles. The number of hydrogen-bond acceptors (Lipinski definition) is 3. The van der Waals surface area contributed by atoms with Gasteiger partial charge in [-0.3, -0.25) is 9.59 Å². The average Bonchev–Trinajstić information content (AvgIpc) is 3.29. The number of ether oxygens (including phenoxy) is 1. The van der Waals surface area contributed by atoms with Crippen LogP contribution in [0.15, 0.2) is 48.5 Å². The number of hydrogen-bond donors (Lipinski definition) is 0. The van der Waals surface area contributed by atoms with Crippen molar-refractivity contribution in [2.24, 2.45) is 0 Å². The lowest BCUT2D eigenvalue weighted by molar-refractivity contribution is -0.138. The van der Waals surface area contributed by atoms with E-state index in [4.69, 9.17) is 4.74 Å². The summed E-state index contributed by atoms with van der Waals surface area (Å²) in [6, 6.07) is 13.5. The fourth-order valence-corrected chi connectivity index (χ4v) is 4.72. The van der Waals surface area contributed by atoms with Gasteiger partial charge in [0, 0.05) is 31.7 Å². The van der Waals surface area contributed by atoms with Crippen LogP contribution in [0, 0.1) is 5.82 Å². The maximum Gasteiger partial charge on any atom is 0.253 e. The van der Waals surface area contributed by atoms with Crippen LogP contribution in [-0.2, 0) is 10.2 Å². The first-order valence-corrected chi connectivity index (χ1v) is 10.5. The summed E-state index contributed by atoms with van der Waals surface area (Å²) >= 11 is 0. The summed E-state index contributed by atoms with van der Waals surface area (Å²) in [6.07, 6.45) is 3.44. The van der Waals surface area contributed by atoms with Gasteiger partial charge in [-0.2, -0.15) is 0 Å². The van der Waals surface area contributed by atoms with E-state index >= 15 is 0 Å². The third-order valence-electron chi connectivity index (χ3n) is 6.43. The predicted octanol–water partition coefficient (Wildman–Crippen LogP) is 3.63. The molecule has 1 heterocycles. The second-order valence-corrected chi connectivity index (χ2v) is 8.11. The highest BCUT2D eigenvalue weighted by atomic mass is 19.1. The Morgan fingerprint density at radius 3 is 2.17 bits per heavy atom. The van der Waals surface area contributed by atoms with Gasteiger partial charge < -0.3 is 14.5 Å². The Balaban J connectivity index is 1.45. The zero-order valence-electron chi connectivity index (χ0n) is 17.3. The summed E-state index contributed by atoms with van der Waals surface area (Å²) in [5, 5.41) is 0. The van der Waals surface area contributed by atoms with E-state index in [1.165, 1.54) is 12.1 Å². The van der Waals surface area contributed by atoms with Crippen molar-refractivity contribution in [3.63, 3.8) is 0 Å². The maximum absolute atomic E-state index is 13.9. The molecule has 30 heavy (non-hydrogen) atoms. The van der Waals surface area contributed by atoms with Crippen molar-refractivity contribution in [2.45, 2.75) is 31.1 Å². The number of methoxy groups -OCH3 is 1. The second-order valence-electron chi connectivity index (χ2n) is 8.11. The molecule has 2 aliphatic rings. The number of benzene rings is 2. The van der Waals surface area contributed by atoms with Crippen LogP contribution in [0.2, 0.25) is 0 Å². The third-order valence-corrected chi connectivity index (χ3v) is 6.43. The number of piperazine rings is 1. The summed E-state index contributed by atoms with van der Waals surface area (Å²) < 4.78 is 19.0. The van der Waals surface area contributed by atoms with Gasteiger partial charge in [-0.15, -0.1) is 0 Å². The van der Waals surface area contributed by atoms with Gasteiger partial charge in [0.2, 0.25) is 5.91 Å². The number of amides is 2. The molecular weight excluding hydrogens is 383 g/mol. The highest BCUT2D eigenvalue weighted by Gasteiger charge is 2.45. The Kier molecular flexibility index (Phi) is 5.75. The Bertz CT molecular complexity index is 914. The van der Waals surface area contributed by atoms with E-state index in [1.807, 2.05) is 11.0 Å². The minimum atomic E-state index is -0.635. The van der Waals surface area contributed by atoms with E-state index in [1.54, 1.807) is 42.3 Å². The highest BCUT2D eigenvalue weighted by molar-refractivity contribution is 5.95. The van der Waals surface area contributed by atoms with Crippen molar-refractivity contribution in [2.75, 3.05) is 33.3 Å². The summed E-state index contributed by atoms with van der Waals surface area (Å²) in [5.41, 5.74) is 0.758. The molecule has 2 fully saturated rings. The number of nitrogens with zero attached hydrogens (tertiary/aromatic N) is 2. The molecule has 0 aromatic heterocycles. The smallest absolute Gasteiger partial charge is 0.253 e. The van der Waals surface area contributed by atoms with Crippen LogP contribution in [0.1, 0.15) is 41.6 Å². The lowest BCUT2D eigenvalue weighted by atomic mass is 9.77. The summed E-state index contributed by atoms with van der Waals surface area (Å²) in [4.78, 5) is 30.0. The Morgan fingerprint density at radius 2 is 1.57 bits per heavy atom. The van der Waals surface area contributed by atoms with Crippen LogP contribution >= 0.6 is 0 Å². The Morgan fingerprint density at radius 1 is 0.933 bits per heavy atom. The van der Waals surface area contributed by atoms with Gasteiger partial charge in [0.15, 0.2) is 0 Å². The van der Waals surface area contributed by atoms with E-state index in [0.29, 0.717) is 37.5 Å². The third kappa shape index (κ3) is 3.78. The van der Waals surface area contributed by atoms with Crippen molar-refractivity contribution >= 4 is 11.8 Å². The monoisotopic (exact) mass is 410 g/mol. The molecule has 1 saturated carbocycles. The van der Waals surface area contributed by atoms with Crippen molar-refractivity contribution in [3.8, 4) is 5.75 Å². The highest BCUT2D eigenvalue weighted by Crippen LogP contribution is 2.43. The fraction of sp³-hybridized carbons (Fsp3) is 0.417. The Hall–Kier alpha value is -2.89. The van der Waals surface area contributed by atoms with Gasteiger partial charge in [-0.05, 0) is 54.8 Å². The number of carbonyl (C=O) groups is 2. The van der Waals surface area contributed by atoms with Gasteiger partial charge in [-0.1, -0.05) is 25.0 Å². The van der Waals surface area contributed by atoms with Gasteiger partial charge >= 0.3 is 0 Å². The van der Waals surface area contributed by atoms with Crippen molar-refractivity contribution in [1.82, 2.24) is 9.80 Å². The molecule has 2 aromatic carbocycles. The average molecular weight is 410 g/mol. The van der Waals surface area contributed by atoms with Gasteiger partial charge in [0.25, 0.3) is 5.91 Å². The lowest BCUT2D eigenvalue weighted by Gasteiger charge is -2.40. The lowest BCUT2D eigenvalue weighted by Crippen LogP contribution is -2.55. The van der Waals surface area contributed by atoms with E-state index in [-0.39, 0.29) is 17.6 Å². The molecule has 6 heteroatoms. The summed E-state index contributed by atoms with van der Waals surface area (Å²) in [5.74, 6) is 0.440. The van der Waals surface area contributed by atoms with Gasteiger partial charge in [0.05, 0.1) is 12.5 Å². The van der Waals surface area contributed by atoms with Crippen LogP contribution in [0.3, 0.4) is 0 Å². The topological polar surface area (TPSA) is 49.9 Å². The molecule has 0 spiro atoms. The largest absolute Gasteiger partial charge is 0.497 e. The Labute approximate surface area is 176 Å². The van der Waals surface area contributed by atoms with Gasteiger partial charge in [-0.25, -0.2) is 4.39 Å². The second kappa shape index (κ2) is 8.46. The van der Waals surface area contributed by atoms with E-state index in [9.17, 15) is 14.0 Å². The maximum atomic E-state index is 13.9. The van der Waals surface area contributed by atoms with Crippen LogP contribution in [0.5, 0.6) is 5.75 Å².